The summed E-state index contributed by atoms with van der Waals surface area (Å²) in [5.74, 6) is 1.33. The van der Waals surface area contributed by atoms with Crippen LogP contribution in [-0.4, -0.2) is 74.2 Å². The summed E-state index contributed by atoms with van der Waals surface area (Å²) in [4.78, 5) is 31.7. The van der Waals surface area contributed by atoms with E-state index in [0.717, 1.165) is 65.1 Å². The predicted octanol–water partition coefficient (Wildman–Crippen LogP) is 3.17. The molecule has 1 aliphatic heterocycles. The van der Waals surface area contributed by atoms with E-state index >= 15 is 0 Å². The van der Waals surface area contributed by atoms with Gasteiger partial charge in [0, 0.05) is 57.5 Å². The highest BCUT2D eigenvalue weighted by atomic mass is 32.1. The van der Waals surface area contributed by atoms with E-state index in [0.29, 0.717) is 6.54 Å². The van der Waals surface area contributed by atoms with Crippen molar-refractivity contribution in [1.82, 2.24) is 15.2 Å². The lowest BCUT2D eigenvalue weighted by atomic mass is 10.2. The number of thiazole rings is 1. The molecule has 0 radical (unpaired) electrons. The van der Waals surface area contributed by atoms with Crippen LogP contribution in [0, 0.1) is 10.1 Å². The van der Waals surface area contributed by atoms with Crippen LogP contribution in [0.3, 0.4) is 0 Å². The first-order valence-electron chi connectivity index (χ1n) is 11.2. The number of nitrogens with one attached hydrogen (secondary N) is 1. The quantitative estimate of drug-likeness (QED) is 0.273. The van der Waals surface area contributed by atoms with Crippen molar-refractivity contribution in [3.05, 3.63) is 58.2 Å². The molecule has 1 N–H and O–H groups in total. The summed E-state index contributed by atoms with van der Waals surface area (Å²) in [7, 11) is 3.30. The summed E-state index contributed by atoms with van der Waals surface area (Å²) >= 11 is 1.61. The molecule has 35 heavy (non-hydrogen) atoms. The van der Waals surface area contributed by atoms with Crippen molar-refractivity contribution in [3.63, 3.8) is 0 Å². The Morgan fingerprint density at radius 1 is 1.11 bits per heavy atom. The number of carbonyl (C=O) groups is 1. The van der Waals surface area contributed by atoms with Crippen LogP contribution in [0.15, 0.2) is 42.5 Å². The molecule has 0 atom stereocenters. The van der Waals surface area contributed by atoms with Crippen LogP contribution in [0.2, 0.25) is 0 Å². The number of piperazine rings is 1. The van der Waals surface area contributed by atoms with Crippen LogP contribution in [0.25, 0.3) is 16.3 Å². The Hall–Kier alpha value is -3.70. The molecule has 1 saturated heterocycles. The van der Waals surface area contributed by atoms with Gasteiger partial charge in [0.1, 0.15) is 21.7 Å². The fourth-order valence-corrected chi connectivity index (χ4v) is 4.97. The molecule has 0 bridgehead atoms. The number of hydrogen-bond donors (Lipinski definition) is 1. The first-order chi connectivity index (χ1) is 17.0. The van der Waals surface area contributed by atoms with Crippen molar-refractivity contribution < 1.29 is 19.2 Å². The molecular weight excluding hydrogens is 470 g/mol. The number of rotatable bonds is 9. The highest BCUT2D eigenvalue weighted by Gasteiger charge is 2.22. The minimum absolute atomic E-state index is 0.0225. The van der Waals surface area contributed by atoms with Gasteiger partial charge in [-0.1, -0.05) is 11.3 Å². The van der Waals surface area contributed by atoms with E-state index in [4.69, 9.17) is 14.5 Å². The monoisotopic (exact) mass is 497 g/mol. The number of hydrogen-bond acceptors (Lipinski definition) is 9. The Labute approximate surface area is 206 Å². The topological polar surface area (TPSA) is 110 Å². The normalized spacial score (nSPS) is 14.4. The molecule has 2 heterocycles. The third-order valence-corrected chi connectivity index (χ3v) is 6.93. The number of ether oxygens (including phenoxy) is 2. The smallest absolute Gasteiger partial charge is 0.269 e. The van der Waals surface area contributed by atoms with Gasteiger partial charge in [-0.3, -0.25) is 19.8 Å². The number of nitrogens with zero attached hydrogens (tertiary/aromatic N) is 4. The lowest BCUT2D eigenvalue weighted by Crippen LogP contribution is -2.48. The first-order valence-corrected chi connectivity index (χ1v) is 12.0. The van der Waals surface area contributed by atoms with Crippen molar-refractivity contribution in [1.29, 1.82) is 0 Å². The van der Waals surface area contributed by atoms with Gasteiger partial charge in [0.2, 0.25) is 5.91 Å². The zero-order valence-corrected chi connectivity index (χ0v) is 20.4. The molecule has 184 valence electrons. The number of fused-ring (bicyclic) bond motifs is 1. The molecule has 1 amide bonds. The van der Waals surface area contributed by atoms with Gasteiger partial charge in [-0.05, 0) is 35.9 Å². The number of anilines is 1. The minimum atomic E-state index is -0.451. The molecule has 0 spiro atoms. The number of aromatic nitrogens is 1. The number of nitro groups is 1. The average Bonchev–Trinajstić information content (AvgIpc) is 3.33. The molecule has 1 fully saturated rings. The number of non-ortho nitro benzene ring substituents is 1. The molecule has 1 aromatic heterocycles. The van der Waals surface area contributed by atoms with Crippen molar-refractivity contribution >= 4 is 44.4 Å². The van der Waals surface area contributed by atoms with E-state index in [1.54, 1.807) is 43.8 Å². The molecule has 2 aromatic carbocycles. The van der Waals surface area contributed by atoms with Crippen molar-refractivity contribution in [2.24, 2.45) is 0 Å². The summed E-state index contributed by atoms with van der Waals surface area (Å²) in [5, 5.41) is 14.5. The lowest BCUT2D eigenvalue weighted by Gasteiger charge is -2.34. The molecular formula is C24H27N5O5S. The van der Waals surface area contributed by atoms with Gasteiger partial charge in [-0.15, -0.1) is 0 Å². The Bertz CT molecular complexity index is 1180. The Kier molecular flexibility index (Phi) is 7.78. The third-order valence-electron chi connectivity index (χ3n) is 5.80. The third kappa shape index (κ3) is 5.87. The molecule has 4 rings (SSSR count). The predicted molar refractivity (Wildman–Crippen MR) is 137 cm³/mol. The molecule has 11 heteroatoms. The van der Waals surface area contributed by atoms with Crippen LogP contribution in [-0.2, 0) is 4.79 Å². The second kappa shape index (κ2) is 11.2. The van der Waals surface area contributed by atoms with Crippen LogP contribution in [0.1, 0.15) is 5.56 Å². The fourth-order valence-electron chi connectivity index (χ4n) is 3.85. The molecule has 0 saturated carbocycles. The lowest BCUT2D eigenvalue weighted by molar-refractivity contribution is -0.384. The molecule has 0 aliphatic carbocycles. The zero-order valence-electron chi connectivity index (χ0n) is 19.6. The minimum Gasteiger partial charge on any atom is -0.495 e. The van der Waals surface area contributed by atoms with E-state index < -0.39 is 4.92 Å². The van der Waals surface area contributed by atoms with E-state index in [2.05, 4.69) is 15.1 Å². The molecule has 10 nitrogen and oxygen atoms in total. The summed E-state index contributed by atoms with van der Waals surface area (Å²) in [6, 6.07) is 9.82. The van der Waals surface area contributed by atoms with Crippen LogP contribution in [0.5, 0.6) is 11.5 Å². The maximum atomic E-state index is 12.1. The summed E-state index contributed by atoms with van der Waals surface area (Å²) in [6.45, 7) is 4.74. The first kappa shape index (κ1) is 24.4. The van der Waals surface area contributed by atoms with Crippen LogP contribution in [0.4, 0.5) is 10.8 Å². The number of methoxy groups -OCH3 is 2. The number of benzene rings is 2. The maximum Gasteiger partial charge on any atom is 0.269 e. The van der Waals surface area contributed by atoms with Crippen molar-refractivity contribution in [2.45, 2.75) is 0 Å². The van der Waals surface area contributed by atoms with E-state index in [1.165, 1.54) is 18.2 Å². The van der Waals surface area contributed by atoms with E-state index in [-0.39, 0.29) is 11.6 Å². The van der Waals surface area contributed by atoms with Gasteiger partial charge in [0.15, 0.2) is 5.13 Å². The number of nitro benzene ring substituents is 1. The average molecular weight is 498 g/mol. The Balaban J connectivity index is 1.24. The summed E-state index contributed by atoms with van der Waals surface area (Å²) in [6.07, 6.45) is 3.08. The second-order valence-corrected chi connectivity index (χ2v) is 8.92. The van der Waals surface area contributed by atoms with Crippen LogP contribution < -0.4 is 19.7 Å². The number of carbonyl (C=O) groups excluding carboxylic acids is 1. The van der Waals surface area contributed by atoms with E-state index in [1.807, 2.05) is 12.1 Å². The van der Waals surface area contributed by atoms with Gasteiger partial charge in [0.05, 0.1) is 19.1 Å². The Morgan fingerprint density at radius 3 is 2.46 bits per heavy atom. The second-order valence-electron chi connectivity index (χ2n) is 7.95. The summed E-state index contributed by atoms with van der Waals surface area (Å²) in [5.41, 5.74) is 1.57. The SMILES string of the molecule is COc1ccc(OC)c2sc(N3CCN(CCNC(=O)/C=C\c4ccc([N+](=O)[O-])cc4)CC3)nc12. The zero-order chi connectivity index (χ0) is 24.8. The van der Waals surface area contributed by atoms with Crippen LogP contribution >= 0.6 is 11.3 Å². The Morgan fingerprint density at radius 2 is 1.80 bits per heavy atom. The molecule has 3 aromatic rings. The fraction of sp³-hybridized carbons (Fsp3) is 0.333. The van der Waals surface area contributed by atoms with Gasteiger partial charge < -0.3 is 19.7 Å². The maximum absolute atomic E-state index is 12.1. The van der Waals surface area contributed by atoms with E-state index in [9.17, 15) is 14.9 Å². The highest BCUT2D eigenvalue weighted by molar-refractivity contribution is 7.22. The van der Waals surface area contributed by atoms with Crippen molar-refractivity contribution in [2.75, 3.05) is 58.4 Å². The summed E-state index contributed by atoms with van der Waals surface area (Å²) < 4.78 is 11.9. The van der Waals surface area contributed by atoms with Gasteiger partial charge in [-0.25, -0.2) is 4.98 Å². The number of amides is 1. The van der Waals surface area contributed by atoms with Gasteiger partial charge >= 0.3 is 0 Å². The van der Waals surface area contributed by atoms with Crippen molar-refractivity contribution in [3.8, 4) is 11.5 Å². The molecule has 0 unspecified atom stereocenters. The van der Waals surface area contributed by atoms with Gasteiger partial charge in [0.25, 0.3) is 5.69 Å². The molecule has 1 aliphatic rings. The highest BCUT2D eigenvalue weighted by Crippen LogP contribution is 2.40. The largest absolute Gasteiger partial charge is 0.495 e. The standard InChI is InChI=1S/C24H27N5O5S/c1-33-19-8-9-20(34-2)23-22(19)26-24(35-23)28-15-13-27(14-16-28)12-11-25-21(30)10-5-17-3-6-18(7-4-17)29(31)32/h3-10H,11-16H2,1-2H3,(H,25,30)/b10-5-. The van der Waals surface area contributed by atoms with Gasteiger partial charge in [-0.2, -0.15) is 0 Å².